The Morgan fingerprint density at radius 2 is 1.26 bits per heavy atom. The van der Waals surface area contributed by atoms with Crippen molar-refractivity contribution in [1.29, 1.82) is 5.41 Å². The van der Waals surface area contributed by atoms with E-state index in [-0.39, 0.29) is 57.1 Å². The highest BCUT2D eigenvalue weighted by molar-refractivity contribution is 5.97. The molecule has 61 heavy (non-hydrogen) atoms. The van der Waals surface area contributed by atoms with Crippen molar-refractivity contribution in [3.63, 3.8) is 0 Å². The van der Waals surface area contributed by atoms with E-state index >= 15 is 0 Å². The molecule has 342 valence electrons. The van der Waals surface area contributed by atoms with E-state index in [1.807, 2.05) is 19.2 Å². The zero-order valence-corrected chi connectivity index (χ0v) is 34.0. The molecule has 1 fully saturated rings. The first-order valence-electron chi connectivity index (χ1n) is 19.4. The van der Waals surface area contributed by atoms with E-state index < -0.39 is 140 Å². The zero-order chi connectivity index (χ0) is 46.4. The van der Waals surface area contributed by atoms with Crippen LogP contribution in [0.5, 0.6) is 0 Å². The number of primary amides is 1. The summed E-state index contributed by atoms with van der Waals surface area (Å²) in [5, 5.41) is 51.0. The number of carboxylic acid groups (broad SMARTS) is 3. The normalized spacial score (nSPS) is 15.7. The van der Waals surface area contributed by atoms with Gasteiger partial charge in [0.25, 0.3) is 0 Å². The fourth-order valence-electron chi connectivity index (χ4n) is 5.97. The van der Waals surface area contributed by atoms with Gasteiger partial charge in [-0.05, 0) is 50.9 Å². The number of rotatable bonds is 28. The van der Waals surface area contributed by atoms with Crippen LogP contribution in [0.3, 0.4) is 0 Å². The predicted molar refractivity (Wildman–Crippen MR) is 210 cm³/mol. The average Bonchev–Trinajstić information content (AvgIpc) is 3.66. The molecule has 8 amide bonds. The van der Waals surface area contributed by atoms with Gasteiger partial charge in [-0.25, -0.2) is 4.79 Å². The lowest BCUT2D eigenvalue weighted by atomic mass is 10.0. The maximum absolute atomic E-state index is 13.9. The minimum Gasteiger partial charge on any atom is -0.481 e. The number of likely N-dealkylation sites (tertiary alicyclic amines) is 1. The third-order valence-corrected chi connectivity index (χ3v) is 8.97. The predicted octanol–water partition coefficient (Wildman–Crippen LogP) is -5.52. The van der Waals surface area contributed by atoms with Crippen LogP contribution in [0, 0.1) is 11.3 Å². The SMILES string of the molecule is CC(C)C[C@H](N)C(=O)N[C@@H](CCC(=O)O)C(=O)N[C@@H](CCCNC(=N)N)C(=O)N1CCC[C@H]1C(=O)NCC(=O)NCC(=O)N[C@@H](CC(N)=O)C(=O)N[C@@H](CCC(=O)O)C(=O)O. The number of guanidine groups is 1. The van der Waals surface area contributed by atoms with Crippen LogP contribution in [0.25, 0.3) is 0 Å². The number of hydrogen-bond acceptors (Lipinski definition) is 13. The van der Waals surface area contributed by atoms with E-state index in [2.05, 4.69) is 31.9 Å². The summed E-state index contributed by atoms with van der Waals surface area (Å²) in [5.74, 6) is -11.7. The lowest BCUT2D eigenvalue weighted by molar-refractivity contribution is -0.143. The molecule has 26 heteroatoms. The number of amides is 8. The van der Waals surface area contributed by atoms with Gasteiger partial charge in [-0.15, -0.1) is 0 Å². The Morgan fingerprint density at radius 1 is 0.705 bits per heavy atom. The van der Waals surface area contributed by atoms with Crippen molar-refractivity contribution in [3.8, 4) is 0 Å². The van der Waals surface area contributed by atoms with Crippen LogP contribution in [-0.4, -0.2) is 154 Å². The van der Waals surface area contributed by atoms with Crippen molar-refractivity contribution in [1.82, 2.24) is 42.1 Å². The fourth-order valence-corrected chi connectivity index (χ4v) is 5.97. The lowest BCUT2D eigenvalue weighted by Gasteiger charge is -2.30. The molecule has 1 heterocycles. The van der Waals surface area contributed by atoms with Gasteiger partial charge in [0.05, 0.1) is 25.6 Å². The summed E-state index contributed by atoms with van der Waals surface area (Å²) in [7, 11) is 0. The average molecular weight is 871 g/mol. The van der Waals surface area contributed by atoms with Gasteiger partial charge in [-0.3, -0.25) is 53.4 Å². The van der Waals surface area contributed by atoms with Gasteiger partial charge < -0.3 is 74.6 Å². The summed E-state index contributed by atoms with van der Waals surface area (Å²) in [5.41, 5.74) is 16.4. The fraction of sp³-hybridized carbons (Fsp3) is 0.657. The second kappa shape index (κ2) is 26.5. The summed E-state index contributed by atoms with van der Waals surface area (Å²) in [6.07, 6.45) is -1.83. The lowest BCUT2D eigenvalue weighted by Crippen LogP contribution is -2.58. The summed E-state index contributed by atoms with van der Waals surface area (Å²) in [6.45, 7) is 2.37. The van der Waals surface area contributed by atoms with Gasteiger partial charge in [0, 0.05) is 25.9 Å². The van der Waals surface area contributed by atoms with E-state index in [1.54, 1.807) is 0 Å². The molecule has 17 N–H and O–H groups in total. The molecule has 1 aliphatic heterocycles. The highest BCUT2D eigenvalue weighted by Crippen LogP contribution is 2.20. The molecular weight excluding hydrogens is 812 g/mol. The number of nitrogens with one attached hydrogen (secondary N) is 8. The first-order valence-corrected chi connectivity index (χ1v) is 19.4. The molecule has 0 aromatic carbocycles. The van der Waals surface area contributed by atoms with E-state index in [0.29, 0.717) is 6.42 Å². The first-order chi connectivity index (χ1) is 28.5. The molecule has 26 nitrogen and oxygen atoms in total. The van der Waals surface area contributed by atoms with Crippen molar-refractivity contribution in [2.75, 3.05) is 26.2 Å². The first kappa shape index (κ1) is 52.4. The van der Waals surface area contributed by atoms with E-state index in [9.17, 15) is 63.0 Å². The quantitative estimate of drug-likeness (QED) is 0.0198. The van der Waals surface area contributed by atoms with Crippen LogP contribution < -0.4 is 54.4 Å². The Hall–Kier alpha value is -6.60. The van der Waals surface area contributed by atoms with Gasteiger partial charge in [-0.1, -0.05) is 13.8 Å². The number of aliphatic carboxylic acids is 3. The molecule has 0 unspecified atom stereocenters. The van der Waals surface area contributed by atoms with Crippen LogP contribution in [-0.2, 0) is 52.7 Å². The molecule has 0 aliphatic carbocycles. The Balaban J connectivity index is 3.00. The highest BCUT2D eigenvalue weighted by Gasteiger charge is 2.38. The Kier molecular flexibility index (Phi) is 22.8. The molecular formula is C35H58N12O14. The minimum atomic E-state index is -1.69. The highest BCUT2D eigenvalue weighted by atomic mass is 16.4. The van der Waals surface area contributed by atoms with Crippen LogP contribution in [0.1, 0.15) is 78.1 Å². The minimum absolute atomic E-state index is 0.0307. The maximum atomic E-state index is 13.9. The Labute approximate surface area is 350 Å². The van der Waals surface area contributed by atoms with Crippen LogP contribution in [0.4, 0.5) is 0 Å². The number of nitrogens with two attached hydrogens (primary N) is 3. The third-order valence-electron chi connectivity index (χ3n) is 8.97. The summed E-state index contributed by atoms with van der Waals surface area (Å²) in [6, 6.07) is -8.18. The molecule has 0 aromatic heterocycles. The summed E-state index contributed by atoms with van der Waals surface area (Å²) >= 11 is 0. The van der Waals surface area contributed by atoms with Crippen molar-refractivity contribution in [2.24, 2.45) is 23.1 Å². The van der Waals surface area contributed by atoms with Crippen LogP contribution in [0.2, 0.25) is 0 Å². The standard InChI is InChI=1S/C35H58N12O14/c1-17(2)13-18(36)29(55)44-19(7-9-27(51)52)30(56)45-20(5-3-11-40-35(38)39)33(59)47-12-4-6-23(47)32(58)42-15-25(49)41-16-26(50)43-22(14-24(37)48)31(57)46-21(34(60)61)8-10-28(53)54/h17-23H,3-16,36H2,1-2H3,(H2,37,48)(H,41,49)(H,42,58)(H,43,50)(H,44,55)(H,45,56)(H,46,57)(H,51,52)(H,53,54)(H,60,61)(H4,38,39,40)/t18-,19-,20-,21-,22-,23-/m0/s1. The number of hydrogen-bond donors (Lipinski definition) is 14. The van der Waals surface area contributed by atoms with E-state index in [0.717, 1.165) is 0 Å². The largest absolute Gasteiger partial charge is 0.481 e. The Morgan fingerprint density at radius 3 is 1.82 bits per heavy atom. The van der Waals surface area contributed by atoms with Gasteiger partial charge in [0.2, 0.25) is 47.3 Å². The second-order valence-electron chi connectivity index (χ2n) is 14.6. The van der Waals surface area contributed by atoms with E-state index in [1.165, 1.54) is 4.90 Å². The molecule has 6 atom stereocenters. The van der Waals surface area contributed by atoms with E-state index in [4.69, 9.17) is 27.7 Å². The number of carboxylic acids is 3. The van der Waals surface area contributed by atoms with Gasteiger partial charge in [-0.2, -0.15) is 0 Å². The van der Waals surface area contributed by atoms with Crippen molar-refractivity contribution in [3.05, 3.63) is 0 Å². The zero-order valence-electron chi connectivity index (χ0n) is 34.0. The smallest absolute Gasteiger partial charge is 0.326 e. The number of carbonyl (C=O) groups is 11. The molecule has 0 aromatic rings. The second-order valence-corrected chi connectivity index (χ2v) is 14.6. The Bertz CT molecular complexity index is 1640. The molecule has 0 spiro atoms. The third kappa shape index (κ3) is 20.8. The van der Waals surface area contributed by atoms with Gasteiger partial charge in [0.15, 0.2) is 5.96 Å². The van der Waals surface area contributed by atoms with Gasteiger partial charge >= 0.3 is 17.9 Å². The van der Waals surface area contributed by atoms with Crippen molar-refractivity contribution < 1.29 is 68.1 Å². The van der Waals surface area contributed by atoms with Crippen molar-refractivity contribution >= 4 is 71.1 Å². The number of carbonyl (C=O) groups excluding carboxylic acids is 8. The van der Waals surface area contributed by atoms with Crippen molar-refractivity contribution in [2.45, 2.75) is 114 Å². The molecule has 0 bridgehead atoms. The summed E-state index contributed by atoms with van der Waals surface area (Å²) in [4.78, 5) is 138. The number of nitrogens with zero attached hydrogens (tertiary/aromatic N) is 1. The molecule has 0 saturated carbocycles. The van der Waals surface area contributed by atoms with Crippen LogP contribution >= 0.6 is 0 Å². The van der Waals surface area contributed by atoms with Crippen LogP contribution in [0.15, 0.2) is 0 Å². The maximum Gasteiger partial charge on any atom is 0.326 e. The molecule has 1 aliphatic rings. The monoisotopic (exact) mass is 870 g/mol. The van der Waals surface area contributed by atoms with Gasteiger partial charge in [0.1, 0.15) is 30.2 Å². The molecule has 0 radical (unpaired) electrons. The summed E-state index contributed by atoms with van der Waals surface area (Å²) < 4.78 is 0. The molecule has 1 rings (SSSR count). The topological polar surface area (TPSA) is 438 Å². The molecule has 1 saturated heterocycles.